The van der Waals surface area contributed by atoms with Crippen molar-refractivity contribution in [1.82, 2.24) is 0 Å². The molecule has 0 saturated carbocycles. The van der Waals surface area contributed by atoms with Gasteiger partial charge in [-0.2, -0.15) is 0 Å². The second-order valence-corrected chi connectivity index (χ2v) is 5.23. The standard InChI is InChI=1S/C13H17ClO2/c1-13(2,3)12(15)9-16-8-10-5-4-6-11(14)7-10/h4-7H,8-9H2,1-3H3. The van der Waals surface area contributed by atoms with Crippen LogP contribution in [-0.4, -0.2) is 12.4 Å². The highest BCUT2D eigenvalue weighted by atomic mass is 35.5. The molecule has 0 bridgehead atoms. The first-order valence-corrected chi connectivity index (χ1v) is 5.63. The average Bonchev–Trinajstić information content (AvgIpc) is 2.16. The molecular formula is C13H17ClO2. The Morgan fingerprint density at radius 2 is 2.06 bits per heavy atom. The van der Waals surface area contributed by atoms with E-state index in [4.69, 9.17) is 16.3 Å². The van der Waals surface area contributed by atoms with Gasteiger partial charge in [0.1, 0.15) is 6.61 Å². The average molecular weight is 241 g/mol. The predicted octanol–water partition coefficient (Wildman–Crippen LogP) is 3.47. The molecule has 0 radical (unpaired) electrons. The van der Waals surface area contributed by atoms with Crippen molar-refractivity contribution in [1.29, 1.82) is 0 Å². The van der Waals surface area contributed by atoms with Crippen LogP contribution in [0.25, 0.3) is 0 Å². The zero-order chi connectivity index (χ0) is 12.2. The van der Waals surface area contributed by atoms with Gasteiger partial charge in [0.25, 0.3) is 0 Å². The highest BCUT2D eigenvalue weighted by molar-refractivity contribution is 6.30. The summed E-state index contributed by atoms with van der Waals surface area (Å²) in [5, 5.41) is 0.684. The van der Waals surface area contributed by atoms with Gasteiger partial charge in [-0.1, -0.05) is 44.5 Å². The molecule has 0 aliphatic heterocycles. The smallest absolute Gasteiger partial charge is 0.163 e. The van der Waals surface area contributed by atoms with Gasteiger partial charge in [0.2, 0.25) is 0 Å². The number of ketones is 1. The van der Waals surface area contributed by atoms with Gasteiger partial charge in [0.15, 0.2) is 5.78 Å². The van der Waals surface area contributed by atoms with E-state index in [0.29, 0.717) is 11.6 Å². The number of hydrogen-bond donors (Lipinski definition) is 0. The summed E-state index contributed by atoms with van der Waals surface area (Å²) in [5.41, 5.74) is 0.642. The van der Waals surface area contributed by atoms with E-state index in [1.165, 1.54) is 0 Å². The van der Waals surface area contributed by atoms with E-state index in [-0.39, 0.29) is 17.8 Å². The third-order valence-electron chi connectivity index (χ3n) is 2.23. The van der Waals surface area contributed by atoms with Crippen molar-refractivity contribution in [2.75, 3.05) is 6.61 Å². The molecule has 88 valence electrons. The van der Waals surface area contributed by atoms with E-state index < -0.39 is 0 Å². The van der Waals surface area contributed by atoms with E-state index in [9.17, 15) is 4.79 Å². The van der Waals surface area contributed by atoms with Crippen LogP contribution >= 0.6 is 11.6 Å². The first-order chi connectivity index (χ1) is 7.39. The molecule has 0 spiro atoms. The summed E-state index contributed by atoms with van der Waals surface area (Å²) in [6.45, 7) is 6.23. The van der Waals surface area contributed by atoms with Crippen LogP contribution in [0.15, 0.2) is 24.3 Å². The Kier molecular flexibility index (Phi) is 4.51. The van der Waals surface area contributed by atoms with Gasteiger partial charge in [0, 0.05) is 10.4 Å². The molecule has 0 aliphatic carbocycles. The van der Waals surface area contributed by atoms with Gasteiger partial charge < -0.3 is 4.74 Å². The third-order valence-corrected chi connectivity index (χ3v) is 2.46. The normalized spacial score (nSPS) is 11.5. The summed E-state index contributed by atoms with van der Waals surface area (Å²) in [4.78, 5) is 11.6. The summed E-state index contributed by atoms with van der Waals surface area (Å²) in [6.07, 6.45) is 0. The number of halogens is 1. The lowest BCUT2D eigenvalue weighted by Gasteiger charge is -2.16. The van der Waals surface area contributed by atoms with E-state index >= 15 is 0 Å². The number of carbonyl (C=O) groups excluding carboxylic acids is 1. The maximum atomic E-state index is 11.6. The van der Waals surface area contributed by atoms with Crippen molar-refractivity contribution in [3.8, 4) is 0 Å². The van der Waals surface area contributed by atoms with Crippen LogP contribution in [0.4, 0.5) is 0 Å². The molecule has 3 heteroatoms. The molecule has 0 fully saturated rings. The second-order valence-electron chi connectivity index (χ2n) is 4.80. The van der Waals surface area contributed by atoms with Crippen LogP contribution < -0.4 is 0 Å². The largest absolute Gasteiger partial charge is 0.369 e. The van der Waals surface area contributed by atoms with Crippen LogP contribution in [-0.2, 0) is 16.1 Å². The summed E-state index contributed by atoms with van der Waals surface area (Å²) >= 11 is 5.84. The number of Topliss-reactive ketones (excluding diaryl/α,β-unsaturated/α-hetero) is 1. The fourth-order valence-electron chi connectivity index (χ4n) is 1.10. The predicted molar refractivity (Wildman–Crippen MR) is 65.6 cm³/mol. The van der Waals surface area contributed by atoms with Gasteiger partial charge in [-0.15, -0.1) is 0 Å². The zero-order valence-corrected chi connectivity index (χ0v) is 10.7. The molecule has 1 rings (SSSR count). The molecule has 0 heterocycles. The van der Waals surface area contributed by atoms with E-state index in [2.05, 4.69) is 0 Å². The molecular weight excluding hydrogens is 224 g/mol. The summed E-state index contributed by atoms with van der Waals surface area (Å²) < 4.78 is 5.35. The SMILES string of the molecule is CC(C)(C)C(=O)COCc1cccc(Cl)c1. The Hall–Kier alpha value is -0.860. The van der Waals surface area contributed by atoms with Gasteiger partial charge in [-0.25, -0.2) is 0 Å². The number of carbonyl (C=O) groups is 1. The van der Waals surface area contributed by atoms with Crippen molar-refractivity contribution in [3.63, 3.8) is 0 Å². The van der Waals surface area contributed by atoms with Crippen molar-refractivity contribution in [2.24, 2.45) is 5.41 Å². The fraction of sp³-hybridized carbons (Fsp3) is 0.462. The van der Waals surface area contributed by atoms with Crippen molar-refractivity contribution < 1.29 is 9.53 Å². The molecule has 0 aromatic heterocycles. The molecule has 0 atom stereocenters. The maximum absolute atomic E-state index is 11.6. The first kappa shape index (κ1) is 13.2. The van der Waals surface area contributed by atoms with Gasteiger partial charge >= 0.3 is 0 Å². The quantitative estimate of drug-likeness (QED) is 0.806. The van der Waals surface area contributed by atoms with Gasteiger partial charge in [-0.3, -0.25) is 4.79 Å². The zero-order valence-electron chi connectivity index (χ0n) is 9.92. The lowest BCUT2D eigenvalue weighted by atomic mass is 9.91. The van der Waals surface area contributed by atoms with Crippen LogP contribution in [0.5, 0.6) is 0 Å². The highest BCUT2D eigenvalue weighted by Crippen LogP contribution is 2.15. The minimum absolute atomic E-state index is 0.106. The van der Waals surface area contributed by atoms with E-state index in [0.717, 1.165) is 5.56 Å². The lowest BCUT2D eigenvalue weighted by Crippen LogP contribution is -2.24. The molecule has 0 aliphatic rings. The molecule has 0 amide bonds. The Morgan fingerprint density at radius 1 is 1.38 bits per heavy atom. The molecule has 0 unspecified atom stereocenters. The molecule has 16 heavy (non-hydrogen) atoms. The Bertz CT molecular complexity index is 366. The monoisotopic (exact) mass is 240 g/mol. The number of rotatable bonds is 4. The highest BCUT2D eigenvalue weighted by Gasteiger charge is 2.20. The third kappa shape index (κ3) is 4.33. The number of ether oxygens (including phenoxy) is 1. The first-order valence-electron chi connectivity index (χ1n) is 5.25. The van der Waals surface area contributed by atoms with Crippen molar-refractivity contribution >= 4 is 17.4 Å². The van der Waals surface area contributed by atoms with E-state index in [1.807, 2.05) is 45.0 Å². The van der Waals surface area contributed by atoms with Gasteiger partial charge in [0.05, 0.1) is 6.61 Å². The van der Waals surface area contributed by atoms with Gasteiger partial charge in [-0.05, 0) is 17.7 Å². The van der Waals surface area contributed by atoms with E-state index in [1.54, 1.807) is 0 Å². The fourth-order valence-corrected chi connectivity index (χ4v) is 1.32. The van der Waals surface area contributed by atoms with Crippen LogP contribution in [0.2, 0.25) is 5.02 Å². The second kappa shape index (κ2) is 5.46. The maximum Gasteiger partial charge on any atom is 0.163 e. The summed E-state index contributed by atoms with van der Waals surface area (Å²) in [7, 11) is 0. The van der Waals surface area contributed by atoms with Crippen molar-refractivity contribution in [3.05, 3.63) is 34.9 Å². The Balaban J connectivity index is 2.39. The summed E-state index contributed by atoms with van der Waals surface area (Å²) in [5.74, 6) is 0.106. The van der Waals surface area contributed by atoms with Crippen LogP contribution in [0.1, 0.15) is 26.3 Å². The van der Waals surface area contributed by atoms with Crippen LogP contribution in [0, 0.1) is 5.41 Å². The topological polar surface area (TPSA) is 26.3 Å². The molecule has 2 nitrogen and oxygen atoms in total. The minimum atomic E-state index is -0.339. The van der Waals surface area contributed by atoms with Crippen molar-refractivity contribution in [2.45, 2.75) is 27.4 Å². The minimum Gasteiger partial charge on any atom is -0.369 e. The summed E-state index contributed by atoms with van der Waals surface area (Å²) in [6, 6.07) is 7.44. The Morgan fingerprint density at radius 3 is 2.62 bits per heavy atom. The molecule has 0 saturated heterocycles. The lowest BCUT2D eigenvalue weighted by molar-refractivity contribution is -0.131. The molecule has 1 aromatic rings. The Labute approximate surface area is 102 Å². The molecule has 0 N–H and O–H groups in total. The molecule has 1 aromatic carbocycles. The number of hydrogen-bond acceptors (Lipinski definition) is 2. The number of benzene rings is 1. The van der Waals surface area contributed by atoms with Crippen LogP contribution in [0.3, 0.4) is 0 Å².